The smallest absolute Gasteiger partial charge is 0.222 e. The Morgan fingerprint density at radius 2 is 1.32 bits per heavy atom. The quantitative estimate of drug-likeness (QED) is 0.843. The Labute approximate surface area is 149 Å². The minimum atomic E-state index is -0.330. The van der Waals surface area contributed by atoms with Gasteiger partial charge in [0.1, 0.15) is 0 Å². The first-order valence-electron chi connectivity index (χ1n) is 8.54. The average Bonchev–Trinajstić information content (AvgIpc) is 2.55. The van der Waals surface area contributed by atoms with E-state index in [-0.39, 0.29) is 30.3 Å². The van der Waals surface area contributed by atoms with Gasteiger partial charge >= 0.3 is 0 Å². The van der Waals surface area contributed by atoms with Gasteiger partial charge in [-0.1, -0.05) is 59.7 Å². The molecule has 2 rings (SSSR count). The lowest BCUT2D eigenvalue weighted by Gasteiger charge is -2.20. The van der Waals surface area contributed by atoms with Crippen LogP contribution in [0.1, 0.15) is 54.6 Å². The molecule has 0 radical (unpaired) electrons. The van der Waals surface area contributed by atoms with E-state index >= 15 is 0 Å². The van der Waals surface area contributed by atoms with Crippen molar-refractivity contribution < 1.29 is 9.59 Å². The molecule has 0 saturated carbocycles. The van der Waals surface area contributed by atoms with Crippen molar-refractivity contribution in [1.29, 1.82) is 0 Å². The van der Waals surface area contributed by atoms with Crippen molar-refractivity contribution in [3.63, 3.8) is 0 Å². The van der Waals surface area contributed by atoms with Crippen molar-refractivity contribution in [2.45, 2.75) is 46.2 Å². The molecule has 2 unspecified atom stereocenters. The van der Waals surface area contributed by atoms with Crippen LogP contribution in [0.2, 0.25) is 0 Å². The van der Waals surface area contributed by atoms with Crippen LogP contribution in [0.3, 0.4) is 0 Å². The summed E-state index contributed by atoms with van der Waals surface area (Å²) in [4.78, 5) is 24.0. The van der Waals surface area contributed by atoms with E-state index in [4.69, 9.17) is 0 Å². The van der Waals surface area contributed by atoms with Gasteiger partial charge in [0.2, 0.25) is 11.8 Å². The Morgan fingerprint density at radius 1 is 0.840 bits per heavy atom. The summed E-state index contributed by atoms with van der Waals surface area (Å²) < 4.78 is 0. The molecule has 132 valence electrons. The fraction of sp³-hybridized carbons (Fsp3) is 0.333. The van der Waals surface area contributed by atoms with Crippen LogP contribution in [0, 0.1) is 13.8 Å². The van der Waals surface area contributed by atoms with Gasteiger partial charge in [-0.2, -0.15) is 0 Å². The van der Waals surface area contributed by atoms with Crippen molar-refractivity contribution in [3.05, 3.63) is 70.8 Å². The van der Waals surface area contributed by atoms with E-state index < -0.39 is 0 Å². The second-order valence-corrected chi connectivity index (χ2v) is 6.57. The van der Waals surface area contributed by atoms with Crippen LogP contribution in [-0.4, -0.2) is 11.8 Å². The van der Waals surface area contributed by atoms with Gasteiger partial charge in [0.15, 0.2) is 0 Å². The Hall–Kier alpha value is -2.62. The average molecular weight is 338 g/mol. The molecular formula is C21H26N2O2. The molecule has 2 N–H and O–H groups in total. The summed E-state index contributed by atoms with van der Waals surface area (Å²) >= 11 is 0. The molecule has 0 aromatic heterocycles. The van der Waals surface area contributed by atoms with Gasteiger partial charge in [-0.15, -0.1) is 0 Å². The highest BCUT2D eigenvalue weighted by Crippen LogP contribution is 2.19. The maximum Gasteiger partial charge on any atom is 0.222 e. The van der Waals surface area contributed by atoms with Gasteiger partial charge in [-0.05, 0) is 31.9 Å². The van der Waals surface area contributed by atoms with E-state index in [1.165, 1.54) is 12.5 Å². The summed E-state index contributed by atoms with van der Waals surface area (Å²) in [6.45, 7) is 7.47. The van der Waals surface area contributed by atoms with Gasteiger partial charge in [0.05, 0.1) is 18.5 Å². The molecule has 0 bridgehead atoms. The van der Waals surface area contributed by atoms with Crippen LogP contribution in [0.4, 0.5) is 0 Å². The number of hydrogen-bond donors (Lipinski definition) is 2. The van der Waals surface area contributed by atoms with Crippen molar-refractivity contribution in [1.82, 2.24) is 10.6 Å². The molecule has 0 aliphatic rings. The number of benzene rings is 2. The van der Waals surface area contributed by atoms with Gasteiger partial charge in [0, 0.05) is 6.92 Å². The van der Waals surface area contributed by atoms with Gasteiger partial charge in [-0.3, -0.25) is 9.59 Å². The lowest BCUT2D eigenvalue weighted by atomic mass is 10.0. The summed E-state index contributed by atoms with van der Waals surface area (Å²) in [6, 6.07) is 15.6. The molecule has 0 heterocycles. The Balaban J connectivity index is 2.04. The van der Waals surface area contributed by atoms with E-state index in [1.807, 2.05) is 69.3 Å². The molecule has 4 heteroatoms. The van der Waals surface area contributed by atoms with Gasteiger partial charge < -0.3 is 10.6 Å². The monoisotopic (exact) mass is 338 g/mol. The number of amides is 2. The number of carbonyl (C=O) groups is 2. The first kappa shape index (κ1) is 18.7. The lowest BCUT2D eigenvalue weighted by Crippen LogP contribution is -2.33. The second kappa shape index (κ2) is 8.47. The van der Waals surface area contributed by atoms with Crippen LogP contribution in [0.5, 0.6) is 0 Å². The predicted molar refractivity (Wildman–Crippen MR) is 100 cm³/mol. The number of aryl methyl sites for hydroxylation is 2. The highest BCUT2D eigenvalue weighted by Gasteiger charge is 2.18. The summed E-state index contributed by atoms with van der Waals surface area (Å²) in [7, 11) is 0. The molecule has 2 aromatic carbocycles. The minimum Gasteiger partial charge on any atom is -0.350 e. The molecule has 4 nitrogen and oxygen atoms in total. The molecule has 0 aliphatic carbocycles. The van der Waals surface area contributed by atoms with E-state index in [0.29, 0.717) is 0 Å². The Kier molecular flexibility index (Phi) is 6.34. The lowest BCUT2D eigenvalue weighted by molar-refractivity contribution is -0.123. The van der Waals surface area contributed by atoms with Gasteiger partial charge in [0.25, 0.3) is 0 Å². The van der Waals surface area contributed by atoms with E-state index in [2.05, 4.69) is 10.6 Å². The molecule has 0 fully saturated rings. The minimum absolute atomic E-state index is 0.0795. The Bertz CT molecular complexity index is 721. The standard InChI is InChI=1S/C21H26N2O2/c1-14-5-9-18(10-6-14)16(3)22-21(25)13-20(23-17(4)24)19-11-7-15(2)8-12-19/h5-12,16,20H,13H2,1-4H3,(H,22,25)(H,23,24). The molecule has 2 atom stereocenters. The first-order chi connectivity index (χ1) is 11.8. The number of rotatable bonds is 6. The fourth-order valence-electron chi connectivity index (χ4n) is 2.72. The topological polar surface area (TPSA) is 58.2 Å². The van der Waals surface area contributed by atoms with Crippen molar-refractivity contribution >= 4 is 11.8 Å². The number of hydrogen-bond acceptors (Lipinski definition) is 2. The SMILES string of the molecule is CC(=O)NC(CC(=O)NC(C)c1ccc(C)cc1)c1ccc(C)cc1. The van der Waals surface area contributed by atoms with Gasteiger partial charge in [-0.25, -0.2) is 0 Å². The maximum atomic E-state index is 12.5. The maximum absolute atomic E-state index is 12.5. The summed E-state index contributed by atoms with van der Waals surface area (Å²) in [5, 5.41) is 5.88. The number of carbonyl (C=O) groups excluding carboxylic acids is 2. The molecule has 2 aromatic rings. The normalized spacial score (nSPS) is 13.0. The van der Waals surface area contributed by atoms with Crippen LogP contribution >= 0.6 is 0 Å². The van der Waals surface area contributed by atoms with E-state index in [0.717, 1.165) is 16.7 Å². The molecule has 25 heavy (non-hydrogen) atoms. The molecular weight excluding hydrogens is 312 g/mol. The van der Waals surface area contributed by atoms with Crippen LogP contribution < -0.4 is 10.6 Å². The highest BCUT2D eigenvalue weighted by molar-refractivity contribution is 5.79. The first-order valence-corrected chi connectivity index (χ1v) is 8.54. The van der Waals surface area contributed by atoms with Crippen molar-refractivity contribution in [3.8, 4) is 0 Å². The van der Waals surface area contributed by atoms with Crippen LogP contribution in [0.15, 0.2) is 48.5 Å². The fourth-order valence-corrected chi connectivity index (χ4v) is 2.72. The number of nitrogens with one attached hydrogen (secondary N) is 2. The van der Waals surface area contributed by atoms with E-state index in [9.17, 15) is 9.59 Å². The van der Waals surface area contributed by atoms with E-state index in [1.54, 1.807) is 0 Å². The van der Waals surface area contributed by atoms with Crippen molar-refractivity contribution in [2.75, 3.05) is 0 Å². The van der Waals surface area contributed by atoms with Crippen molar-refractivity contribution in [2.24, 2.45) is 0 Å². The third kappa shape index (κ3) is 5.75. The summed E-state index contributed by atoms with van der Waals surface area (Å²) in [5.74, 6) is -0.239. The molecule has 0 aliphatic heterocycles. The molecule has 0 spiro atoms. The molecule has 0 saturated heterocycles. The summed E-state index contributed by atoms with van der Waals surface area (Å²) in [5.41, 5.74) is 4.32. The zero-order valence-corrected chi connectivity index (χ0v) is 15.3. The summed E-state index contributed by atoms with van der Waals surface area (Å²) in [6.07, 6.45) is 0.207. The Morgan fingerprint density at radius 3 is 1.80 bits per heavy atom. The molecule has 2 amide bonds. The zero-order chi connectivity index (χ0) is 18.4. The van der Waals surface area contributed by atoms with Crippen LogP contribution in [-0.2, 0) is 9.59 Å². The predicted octanol–water partition coefficient (Wildman–Crippen LogP) is 3.75. The third-order valence-corrected chi connectivity index (χ3v) is 4.20. The zero-order valence-electron chi connectivity index (χ0n) is 15.3. The second-order valence-electron chi connectivity index (χ2n) is 6.57. The highest BCUT2D eigenvalue weighted by atomic mass is 16.2. The van der Waals surface area contributed by atoms with Crippen LogP contribution in [0.25, 0.3) is 0 Å². The third-order valence-electron chi connectivity index (χ3n) is 4.20. The largest absolute Gasteiger partial charge is 0.350 e.